The number of hydrogen-bond donors (Lipinski definition) is 1. The maximum atomic E-state index is 11.4. The highest BCUT2D eigenvalue weighted by Crippen LogP contribution is 2.24. The number of hydrogen-bond acceptors (Lipinski definition) is 4. The average molecular weight is 286 g/mol. The first-order valence-electron chi connectivity index (χ1n) is 6.95. The Kier molecular flexibility index (Phi) is 3.47. The molecule has 1 aliphatic heterocycles. The fourth-order valence-corrected chi connectivity index (χ4v) is 2.88. The maximum absolute atomic E-state index is 11.4. The number of carboxylic acids is 1. The molecule has 0 bridgehead atoms. The topological polar surface area (TPSA) is 71.2 Å². The van der Waals surface area contributed by atoms with Crippen molar-refractivity contribution in [3.05, 3.63) is 46.8 Å². The number of imidazole rings is 1. The maximum Gasteiger partial charge on any atom is 0.337 e. The van der Waals surface area contributed by atoms with Crippen molar-refractivity contribution in [2.45, 2.75) is 26.4 Å². The molecule has 0 aliphatic carbocycles. The number of fused-ring (bicyclic) bond motifs is 1. The van der Waals surface area contributed by atoms with Crippen LogP contribution in [0.1, 0.15) is 33.0 Å². The summed E-state index contributed by atoms with van der Waals surface area (Å²) in [7, 11) is 1.98. The highest BCUT2D eigenvalue weighted by molar-refractivity contribution is 5.91. The molecule has 21 heavy (non-hydrogen) atoms. The predicted octanol–water partition coefficient (Wildman–Crippen LogP) is 1.38. The molecule has 0 aromatic carbocycles. The molecule has 0 amide bonds. The van der Waals surface area contributed by atoms with E-state index in [-0.39, 0.29) is 0 Å². The minimum atomic E-state index is -0.880. The first-order valence-corrected chi connectivity index (χ1v) is 6.95. The SMILES string of the molecule is Cc1ncc2c(c1C(=O)O)CCN(Cc1nccn1C)C2. The zero-order chi connectivity index (χ0) is 15.0. The van der Waals surface area contributed by atoms with Crippen molar-refractivity contribution in [2.75, 3.05) is 6.54 Å². The van der Waals surface area contributed by atoms with Gasteiger partial charge in [-0.05, 0) is 24.5 Å². The second-order valence-electron chi connectivity index (χ2n) is 5.44. The lowest BCUT2D eigenvalue weighted by Crippen LogP contribution is -2.32. The van der Waals surface area contributed by atoms with Gasteiger partial charge in [0.1, 0.15) is 5.82 Å². The summed E-state index contributed by atoms with van der Waals surface area (Å²) in [6, 6.07) is 0. The summed E-state index contributed by atoms with van der Waals surface area (Å²) < 4.78 is 2.01. The summed E-state index contributed by atoms with van der Waals surface area (Å²) in [6.45, 7) is 4.07. The number of aromatic nitrogens is 3. The number of nitrogens with zero attached hydrogens (tertiary/aromatic N) is 4. The van der Waals surface area contributed by atoms with E-state index in [9.17, 15) is 9.90 Å². The van der Waals surface area contributed by atoms with Gasteiger partial charge in [-0.25, -0.2) is 9.78 Å². The van der Waals surface area contributed by atoms with E-state index in [0.29, 0.717) is 11.3 Å². The molecule has 6 nitrogen and oxygen atoms in total. The van der Waals surface area contributed by atoms with Crippen LogP contribution in [0.25, 0.3) is 0 Å². The quantitative estimate of drug-likeness (QED) is 0.923. The summed E-state index contributed by atoms with van der Waals surface area (Å²) in [5.74, 6) is 0.131. The van der Waals surface area contributed by atoms with Gasteiger partial charge < -0.3 is 9.67 Å². The smallest absolute Gasteiger partial charge is 0.337 e. The van der Waals surface area contributed by atoms with E-state index in [1.807, 2.05) is 24.0 Å². The molecule has 110 valence electrons. The van der Waals surface area contributed by atoms with Crippen molar-refractivity contribution >= 4 is 5.97 Å². The molecule has 0 fully saturated rings. The third-order valence-electron chi connectivity index (χ3n) is 4.04. The van der Waals surface area contributed by atoms with Gasteiger partial charge in [-0.3, -0.25) is 9.88 Å². The number of pyridine rings is 1. The van der Waals surface area contributed by atoms with E-state index < -0.39 is 5.97 Å². The normalized spacial score (nSPS) is 15.0. The van der Waals surface area contributed by atoms with Gasteiger partial charge in [-0.15, -0.1) is 0 Å². The van der Waals surface area contributed by atoms with Gasteiger partial charge in [0.05, 0.1) is 17.8 Å². The van der Waals surface area contributed by atoms with Crippen LogP contribution in [0.4, 0.5) is 0 Å². The van der Waals surface area contributed by atoms with Crippen molar-refractivity contribution in [3.8, 4) is 0 Å². The highest BCUT2D eigenvalue weighted by atomic mass is 16.4. The molecule has 1 aliphatic rings. The van der Waals surface area contributed by atoms with Gasteiger partial charge in [0.15, 0.2) is 0 Å². The Morgan fingerprint density at radius 1 is 1.43 bits per heavy atom. The van der Waals surface area contributed by atoms with Gasteiger partial charge >= 0.3 is 5.97 Å². The second kappa shape index (κ2) is 5.29. The summed E-state index contributed by atoms with van der Waals surface area (Å²) >= 11 is 0. The fraction of sp³-hybridized carbons (Fsp3) is 0.400. The molecule has 3 heterocycles. The van der Waals surface area contributed by atoms with Crippen molar-refractivity contribution < 1.29 is 9.90 Å². The first kappa shape index (κ1) is 13.8. The largest absolute Gasteiger partial charge is 0.478 e. The zero-order valence-corrected chi connectivity index (χ0v) is 12.2. The molecule has 0 unspecified atom stereocenters. The zero-order valence-electron chi connectivity index (χ0n) is 12.2. The van der Waals surface area contributed by atoms with Crippen LogP contribution in [0.15, 0.2) is 18.6 Å². The Morgan fingerprint density at radius 3 is 2.90 bits per heavy atom. The van der Waals surface area contributed by atoms with Crippen LogP contribution in [0, 0.1) is 6.92 Å². The molecular formula is C15H18N4O2. The van der Waals surface area contributed by atoms with Gasteiger partial charge in [0.25, 0.3) is 0 Å². The predicted molar refractivity (Wildman–Crippen MR) is 77.0 cm³/mol. The molecule has 2 aromatic heterocycles. The van der Waals surface area contributed by atoms with E-state index in [1.165, 1.54) is 0 Å². The van der Waals surface area contributed by atoms with Crippen LogP contribution < -0.4 is 0 Å². The lowest BCUT2D eigenvalue weighted by Gasteiger charge is -2.29. The Balaban J connectivity index is 1.85. The minimum Gasteiger partial charge on any atom is -0.478 e. The van der Waals surface area contributed by atoms with Crippen molar-refractivity contribution in [1.82, 2.24) is 19.4 Å². The third kappa shape index (κ3) is 2.54. The minimum absolute atomic E-state index is 0.379. The number of aromatic carboxylic acids is 1. The van der Waals surface area contributed by atoms with Crippen LogP contribution in [0.5, 0.6) is 0 Å². The van der Waals surface area contributed by atoms with Gasteiger partial charge in [-0.1, -0.05) is 0 Å². The molecule has 0 saturated heterocycles. The first-order chi connectivity index (χ1) is 10.1. The van der Waals surface area contributed by atoms with Crippen molar-refractivity contribution in [2.24, 2.45) is 7.05 Å². The molecule has 1 N–H and O–H groups in total. The summed E-state index contributed by atoms with van der Waals surface area (Å²) in [5.41, 5.74) is 2.92. The van der Waals surface area contributed by atoms with Crippen LogP contribution in [0.2, 0.25) is 0 Å². The third-order valence-corrected chi connectivity index (χ3v) is 4.04. The second-order valence-corrected chi connectivity index (χ2v) is 5.44. The van der Waals surface area contributed by atoms with Crippen LogP contribution >= 0.6 is 0 Å². The van der Waals surface area contributed by atoms with E-state index in [4.69, 9.17) is 0 Å². The Bertz CT molecular complexity index is 693. The Labute approximate surface area is 123 Å². The molecule has 0 spiro atoms. The molecular weight excluding hydrogens is 268 g/mol. The Hall–Kier alpha value is -2.21. The standard InChI is InChI=1S/C15H18N4O2/c1-10-14(15(20)21)12-3-5-19(8-11(12)7-17-10)9-13-16-4-6-18(13)2/h4,6-7H,3,5,8-9H2,1-2H3,(H,20,21). The number of rotatable bonds is 3. The Morgan fingerprint density at radius 2 is 2.24 bits per heavy atom. The van der Waals surface area contributed by atoms with Crippen LogP contribution in [-0.2, 0) is 26.6 Å². The number of carbonyl (C=O) groups is 1. The summed E-state index contributed by atoms with van der Waals surface area (Å²) in [6.07, 6.45) is 6.27. The van der Waals surface area contributed by atoms with E-state index in [1.54, 1.807) is 13.1 Å². The van der Waals surface area contributed by atoms with Gasteiger partial charge in [0, 0.05) is 38.7 Å². The number of aryl methyl sites for hydroxylation is 2. The van der Waals surface area contributed by atoms with E-state index in [0.717, 1.165) is 43.0 Å². The van der Waals surface area contributed by atoms with Crippen molar-refractivity contribution in [1.29, 1.82) is 0 Å². The van der Waals surface area contributed by atoms with Crippen LogP contribution in [0.3, 0.4) is 0 Å². The van der Waals surface area contributed by atoms with Crippen LogP contribution in [-0.4, -0.2) is 37.1 Å². The van der Waals surface area contributed by atoms with Gasteiger partial charge in [0.2, 0.25) is 0 Å². The molecule has 0 atom stereocenters. The lowest BCUT2D eigenvalue weighted by atomic mass is 9.95. The molecule has 0 saturated carbocycles. The summed E-state index contributed by atoms with van der Waals surface area (Å²) in [4.78, 5) is 22.3. The summed E-state index contributed by atoms with van der Waals surface area (Å²) in [5, 5.41) is 9.36. The lowest BCUT2D eigenvalue weighted by molar-refractivity contribution is 0.0693. The monoisotopic (exact) mass is 286 g/mol. The molecule has 2 aromatic rings. The van der Waals surface area contributed by atoms with Gasteiger partial charge in [-0.2, -0.15) is 0 Å². The molecule has 3 rings (SSSR count). The van der Waals surface area contributed by atoms with E-state index >= 15 is 0 Å². The highest BCUT2D eigenvalue weighted by Gasteiger charge is 2.24. The average Bonchev–Trinajstić information content (AvgIpc) is 2.84. The van der Waals surface area contributed by atoms with Crippen molar-refractivity contribution in [3.63, 3.8) is 0 Å². The van der Waals surface area contributed by atoms with E-state index in [2.05, 4.69) is 14.9 Å². The number of carboxylic acid groups (broad SMARTS) is 1. The fourth-order valence-electron chi connectivity index (χ4n) is 2.88. The molecule has 6 heteroatoms. The molecule has 0 radical (unpaired) electrons.